The summed E-state index contributed by atoms with van der Waals surface area (Å²) in [5, 5.41) is 8.98. The maximum Gasteiger partial charge on any atom is 0.223 e. The molecule has 0 saturated carbocycles. The molecule has 2 heterocycles. The van der Waals surface area contributed by atoms with Crippen LogP contribution in [0.4, 0.5) is 5.95 Å². The summed E-state index contributed by atoms with van der Waals surface area (Å²) in [6, 6.07) is 0. The van der Waals surface area contributed by atoms with E-state index in [1.54, 1.807) is 10.9 Å². The molecule has 2 aromatic heterocycles. The Hall–Kier alpha value is -0.920. The fourth-order valence-corrected chi connectivity index (χ4v) is 1.55. The van der Waals surface area contributed by atoms with Crippen LogP contribution in [0, 0.1) is 0 Å². The van der Waals surface area contributed by atoms with Crippen LogP contribution in [0.25, 0.3) is 11.2 Å². The molecule has 0 fully saturated rings. The van der Waals surface area contributed by atoms with Crippen molar-refractivity contribution >= 4 is 45.7 Å². The summed E-state index contributed by atoms with van der Waals surface area (Å²) >= 11 is 5.85. The summed E-state index contributed by atoms with van der Waals surface area (Å²) in [5.74, 6) is 0.123. The van der Waals surface area contributed by atoms with Crippen molar-refractivity contribution in [3.8, 4) is 0 Å². The number of aliphatic hydroxyl groups is 1. The standard InChI is InChI=1S/C8H10ClN5O.BrH/c9-6-5-7(13-8(10)12-6)14(4-11-5)2-1-3-15;/h4,15H,1-3H2,(H2,10,12,13);1H. The minimum absolute atomic E-state index is 0. The van der Waals surface area contributed by atoms with Crippen LogP contribution in [0.15, 0.2) is 6.33 Å². The molecule has 0 aliphatic heterocycles. The van der Waals surface area contributed by atoms with E-state index in [1.165, 1.54) is 0 Å². The number of nitrogen functional groups attached to an aromatic ring is 1. The summed E-state index contributed by atoms with van der Waals surface area (Å²) in [6.45, 7) is 0.744. The summed E-state index contributed by atoms with van der Waals surface area (Å²) in [5.41, 5.74) is 6.61. The summed E-state index contributed by atoms with van der Waals surface area (Å²) in [7, 11) is 0. The third kappa shape index (κ3) is 2.42. The van der Waals surface area contributed by atoms with Crippen LogP contribution in [0.1, 0.15) is 6.42 Å². The number of anilines is 1. The van der Waals surface area contributed by atoms with Gasteiger partial charge in [0.05, 0.1) is 6.33 Å². The molecule has 2 rings (SSSR count). The van der Waals surface area contributed by atoms with Gasteiger partial charge in [-0.1, -0.05) is 11.6 Å². The second-order valence-electron chi connectivity index (χ2n) is 3.06. The van der Waals surface area contributed by atoms with Gasteiger partial charge in [0.2, 0.25) is 5.95 Å². The lowest BCUT2D eigenvalue weighted by molar-refractivity contribution is 0.280. The first kappa shape index (κ1) is 13.1. The van der Waals surface area contributed by atoms with Crippen LogP contribution in [0.2, 0.25) is 5.15 Å². The fraction of sp³-hybridized carbons (Fsp3) is 0.375. The number of rotatable bonds is 3. The van der Waals surface area contributed by atoms with Gasteiger partial charge in [-0.05, 0) is 6.42 Å². The molecule has 6 nitrogen and oxygen atoms in total. The van der Waals surface area contributed by atoms with Crippen LogP contribution in [-0.4, -0.2) is 31.2 Å². The second kappa shape index (κ2) is 5.42. The Balaban J connectivity index is 0.00000128. The summed E-state index contributed by atoms with van der Waals surface area (Å²) < 4.78 is 1.79. The lowest BCUT2D eigenvalue weighted by atomic mass is 10.4. The number of imidazole rings is 1. The van der Waals surface area contributed by atoms with E-state index in [-0.39, 0.29) is 34.7 Å². The number of fused-ring (bicyclic) bond motifs is 1. The number of nitrogens with zero attached hydrogens (tertiary/aromatic N) is 4. The molecule has 0 unspecified atom stereocenters. The average Bonchev–Trinajstić information content (AvgIpc) is 2.58. The molecule has 88 valence electrons. The van der Waals surface area contributed by atoms with Crippen LogP contribution in [-0.2, 0) is 6.54 Å². The Morgan fingerprint density at radius 2 is 2.19 bits per heavy atom. The van der Waals surface area contributed by atoms with Gasteiger partial charge >= 0.3 is 0 Å². The first-order valence-corrected chi connectivity index (χ1v) is 4.85. The highest BCUT2D eigenvalue weighted by Gasteiger charge is 2.09. The van der Waals surface area contributed by atoms with E-state index in [0.717, 1.165) is 0 Å². The van der Waals surface area contributed by atoms with Crippen molar-refractivity contribution < 1.29 is 5.11 Å². The van der Waals surface area contributed by atoms with E-state index in [1.807, 2.05) is 0 Å². The maximum absolute atomic E-state index is 8.73. The zero-order valence-corrected chi connectivity index (χ0v) is 10.8. The van der Waals surface area contributed by atoms with E-state index in [9.17, 15) is 0 Å². The van der Waals surface area contributed by atoms with Gasteiger partial charge in [0.25, 0.3) is 0 Å². The highest BCUT2D eigenvalue weighted by atomic mass is 79.9. The minimum Gasteiger partial charge on any atom is -0.396 e. The lowest BCUT2D eigenvalue weighted by Gasteiger charge is -2.01. The van der Waals surface area contributed by atoms with Crippen LogP contribution in [0.5, 0.6) is 0 Å². The number of nitrogens with two attached hydrogens (primary N) is 1. The molecule has 0 saturated heterocycles. The molecule has 0 radical (unpaired) electrons. The van der Waals surface area contributed by atoms with Crippen molar-refractivity contribution in [3.05, 3.63) is 11.5 Å². The molecule has 16 heavy (non-hydrogen) atoms. The van der Waals surface area contributed by atoms with E-state index in [2.05, 4.69) is 15.0 Å². The first-order chi connectivity index (χ1) is 7.22. The monoisotopic (exact) mass is 307 g/mol. The number of aliphatic hydroxyl groups excluding tert-OH is 1. The van der Waals surface area contributed by atoms with Gasteiger partial charge in [-0.25, -0.2) is 4.98 Å². The Bertz CT molecular complexity index is 488. The maximum atomic E-state index is 8.73. The van der Waals surface area contributed by atoms with E-state index in [4.69, 9.17) is 22.4 Å². The topological polar surface area (TPSA) is 89.8 Å². The largest absolute Gasteiger partial charge is 0.396 e. The minimum atomic E-state index is 0. The highest BCUT2D eigenvalue weighted by Crippen LogP contribution is 2.19. The van der Waals surface area contributed by atoms with E-state index >= 15 is 0 Å². The number of hydrogen-bond acceptors (Lipinski definition) is 5. The predicted molar refractivity (Wildman–Crippen MR) is 66.8 cm³/mol. The Morgan fingerprint density at radius 3 is 2.88 bits per heavy atom. The SMILES string of the molecule is Br.Nc1nc(Cl)c2ncn(CCCO)c2n1. The molecule has 0 aromatic carbocycles. The third-order valence-corrected chi connectivity index (χ3v) is 2.26. The smallest absolute Gasteiger partial charge is 0.223 e. The van der Waals surface area contributed by atoms with Gasteiger partial charge in [0.15, 0.2) is 10.8 Å². The zero-order chi connectivity index (χ0) is 10.8. The van der Waals surface area contributed by atoms with Crippen molar-refractivity contribution in [2.24, 2.45) is 0 Å². The quantitative estimate of drug-likeness (QED) is 0.826. The predicted octanol–water partition coefficient (Wildman–Crippen LogP) is 1.02. The molecule has 8 heteroatoms. The third-order valence-electron chi connectivity index (χ3n) is 2.00. The van der Waals surface area contributed by atoms with E-state index < -0.39 is 0 Å². The van der Waals surface area contributed by atoms with Crippen molar-refractivity contribution in [3.63, 3.8) is 0 Å². The molecule has 0 aliphatic carbocycles. The first-order valence-electron chi connectivity index (χ1n) is 4.47. The number of aromatic nitrogens is 4. The van der Waals surface area contributed by atoms with Crippen molar-refractivity contribution in [2.75, 3.05) is 12.3 Å². The van der Waals surface area contributed by atoms with Crippen molar-refractivity contribution in [2.45, 2.75) is 13.0 Å². The second-order valence-corrected chi connectivity index (χ2v) is 3.42. The normalized spacial score (nSPS) is 10.4. The summed E-state index contributed by atoms with van der Waals surface area (Å²) in [4.78, 5) is 11.9. The van der Waals surface area contributed by atoms with Gasteiger partial charge in [-0.15, -0.1) is 17.0 Å². The molecule has 0 aliphatic rings. The van der Waals surface area contributed by atoms with Crippen LogP contribution >= 0.6 is 28.6 Å². The Kier molecular flexibility index (Phi) is 4.45. The molecule has 3 N–H and O–H groups in total. The van der Waals surface area contributed by atoms with Crippen LogP contribution in [0.3, 0.4) is 0 Å². The Labute approximate surface area is 107 Å². The van der Waals surface area contributed by atoms with Crippen LogP contribution < -0.4 is 5.73 Å². The molecular weight excluding hydrogens is 297 g/mol. The molecular formula is C8H11BrClN5O. The van der Waals surface area contributed by atoms with Crippen molar-refractivity contribution in [1.29, 1.82) is 0 Å². The van der Waals surface area contributed by atoms with Gasteiger partial charge in [0.1, 0.15) is 5.52 Å². The van der Waals surface area contributed by atoms with E-state index in [0.29, 0.717) is 24.1 Å². The average molecular weight is 309 g/mol. The lowest BCUT2D eigenvalue weighted by Crippen LogP contribution is -2.02. The Morgan fingerprint density at radius 1 is 1.44 bits per heavy atom. The van der Waals surface area contributed by atoms with Gasteiger partial charge in [-0.2, -0.15) is 9.97 Å². The molecule has 0 spiro atoms. The number of aryl methyl sites for hydroxylation is 1. The molecule has 0 bridgehead atoms. The molecule has 0 amide bonds. The van der Waals surface area contributed by atoms with Gasteiger partial charge < -0.3 is 15.4 Å². The van der Waals surface area contributed by atoms with Gasteiger partial charge in [-0.3, -0.25) is 0 Å². The van der Waals surface area contributed by atoms with Gasteiger partial charge in [0, 0.05) is 13.2 Å². The summed E-state index contributed by atoms with van der Waals surface area (Å²) in [6.07, 6.45) is 2.24. The fourth-order valence-electron chi connectivity index (χ4n) is 1.33. The number of hydrogen-bond donors (Lipinski definition) is 2. The highest BCUT2D eigenvalue weighted by molar-refractivity contribution is 8.93. The molecule has 0 atom stereocenters. The zero-order valence-electron chi connectivity index (χ0n) is 8.30. The van der Waals surface area contributed by atoms with Crippen molar-refractivity contribution in [1.82, 2.24) is 19.5 Å². The number of halogens is 2. The molecule has 2 aromatic rings.